The third-order valence-corrected chi connectivity index (χ3v) is 3.74. The number of methoxy groups -OCH3 is 1. The van der Waals surface area contributed by atoms with Crippen molar-refractivity contribution in [2.75, 3.05) is 19.0 Å². The van der Waals surface area contributed by atoms with Gasteiger partial charge in [0.2, 0.25) is 0 Å². The number of carbonyl (C=O) groups is 1. The number of anilines is 1. The zero-order valence-corrected chi connectivity index (χ0v) is 12.8. The summed E-state index contributed by atoms with van der Waals surface area (Å²) in [5.41, 5.74) is 6.58. The highest BCUT2D eigenvalue weighted by atomic mass is 35.5. The normalized spacial score (nSPS) is 9.67. The van der Waals surface area contributed by atoms with Crippen molar-refractivity contribution in [3.8, 4) is 17.6 Å². The zero-order valence-electron chi connectivity index (χ0n) is 11.3. The minimum atomic E-state index is -0.264. The minimum absolute atomic E-state index is 0.245. The quantitative estimate of drug-likeness (QED) is 0.855. The second-order valence-corrected chi connectivity index (χ2v) is 5.32. The Kier molecular flexibility index (Phi) is 5.23. The van der Waals surface area contributed by atoms with Gasteiger partial charge in [-0.25, -0.2) is 0 Å². The number of halogens is 1. The average Bonchev–Trinajstić information content (AvgIpc) is 2.95. The first-order chi connectivity index (χ1) is 10.2. The van der Waals surface area contributed by atoms with Gasteiger partial charge in [0.25, 0.3) is 5.91 Å². The van der Waals surface area contributed by atoms with Crippen LogP contribution in [0.4, 0.5) is 5.69 Å². The lowest BCUT2D eigenvalue weighted by atomic mass is 10.1. The highest BCUT2D eigenvalue weighted by Gasteiger charge is 2.15. The smallest absolute Gasteiger partial charge is 0.269 e. The lowest BCUT2D eigenvalue weighted by Gasteiger charge is -2.08. The van der Waals surface area contributed by atoms with Gasteiger partial charge >= 0.3 is 0 Å². The Balaban J connectivity index is 2.30. The van der Waals surface area contributed by atoms with Crippen molar-refractivity contribution >= 4 is 34.5 Å². The monoisotopic (exact) mass is 320 g/mol. The molecular weight excluding hydrogens is 308 g/mol. The predicted molar refractivity (Wildman–Crippen MR) is 86.2 cm³/mol. The summed E-state index contributed by atoms with van der Waals surface area (Å²) in [5, 5.41) is 5.11. The van der Waals surface area contributed by atoms with Crippen LogP contribution in [0.5, 0.6) is 5.75 Å². The van der Waals surface area contributed by atoms with Crippen LogP contribution in [0.2, 0.25) is 5.02 Å². The van der Waals surface area contributed by atoms with Crippen molar-refractivity contribution in [3.63, 3.8) is 0 Å². The predicted octanol–water partition coefficient (Wildman–Crippen LogP) is 2.97. The van der Waals surface area contributed by atoms with E-state index in [1.54, 1.807) is 29.6 Å². The van der Waals surface area contributed by atoms with Crippen LogP contribution in [0.1, 0.15) is 15.2 Å². The van der Waals surface area contributed by atoms with Gasteiger partial charge < -0.3 is 15.8 Å². The van der Waals surface area contributed by atoms with E-state index in [2.05, 4.69) is 17.2 Å². The Morgan fingerprint density at radius 1 is 1.48 bits per heavy atom. The maximum Gasteiger partial charge on any atom is 0.269 e. The van der Waals surface area contributed by atoms with Crippen molar-refractivity contribution < 1.29 is 9.53 Å². The molecular formula is C15H13ClN2O2S. The Morgan fingerprint density at radius 2 is 2.29 bits per heavy atom. The van der Waals surface area contributed by atoms with E-state index in [0.29, 0.717) is 26.9 Å². The number of hydrogen-bond donors (Lipinski definition) is 2. The molecule has 0 spiro atoms. The summed E-state index contributed by atoms with van der Waals surface area (Å²) < 4.78 is 5.14. The van der Waals surface area contributed by atoms with E-state index in [4.69, 9.17) is 22.1 Å². The Hall–Kier alpha value is -2.00. The number of amides is 1. The Labute approximate surface area is 131 Å². The lowest BCUT2D eigenvalue weighted by molar-refractivity contribution is 0.102. The van der Waals surface area contributed by atoms with E-state index in [-0.39, 0.29) is 12.5 Å². The highest BCUT2D eigenvalue weighted by molar-refractivity contribution is 7.12. The van der Waals surface area contributed by atoms with Crippen molar-refractivity contribution in [3.05, 3.63) is 45.1 Å². The van der Waals surface area contributed by atoms with Crippen LogP contribution in [-0.4, -0.2) is 19.6 Å². The molecule has 1 amide bonds. The molecule has 108 valence electrons. The van der Waals surface area contributed by atoms with Crippen LogP contribution in [0.3, 0.4) is 0 Å². The number of nitrogens with two attached hydrogens (primary N) is 1. The van der Waals surface area contributed by atoms with Crippen LogP contribution >= 0.6 is 22.9 Å². The number of nitrogens with one attached hydrogen (secondary N) is 1. The molecule has 0 saturated heterocycles. The van der Waals surface area contributed by atoms with Gasteiger partial charge in [-0.3, -0.25) is 4.79 Å². The summed E-state index contributed by atoms with van der Waals surface area (Å²) in [6, 6.07) is 6.85. The molecule has 2 rings (SSSR count). The molecule has 0 bridgehead atoms. The molecule has 0 radical (unpaired) electrons. The molecule has 0 aliphatic carbocycles. The van der Waals surface area contributed by atoms with Crippen molar-refractivity contribution in [2.45, 2.75) is 0 Å². The molecule has 2 aromatic rings. The molecule has 6 heteroatoms. The first-order valence-corrected chi connectivity index (χ1v) is 7.32. The fourth-order valence-electron chi connectivity index (χ4n) is 1.68. The SMILES string of the molecule is COc1ccsc1C(=O)Nc1cc(Cl)ccc1C#CCN. The molecule has 1 aromatic carbocycles. The third kappa shape index (κ3) is 3.76. The van der Waals surface area contributed by atoms with Crippen molar-refractivity contribution in [1.29, 1.82) is 0 Å². The van der Waals surface area contributed by atoms with Gasteiger partial charge in [-0.15, -0.1) is 11.3 Å². The van der Waals surface area contributed by atoms with E-state index in [0.717, 1.165) is 0 Å². The molecule has 3 N–H and O–H groups in total. The van der Waals surface area contributed by atoms with Crippen LogP contribution in [-0.2, 0) is 0 Å². The van der Waals surface area contributed by atoms with Gasteiger partial charge in [0, 0.05) is 10.6 Å². The Bertz CT molecular complexity index is 716. The fourth-order valence-corrected chi connectivity index (χ4v) is 2.60. The molecule has 0 aliphatic heterocycles. The summed E-state index contributed by atoms with van der Waals surface area (Å²) in [4.78, 5) is 12.8. The second-order valence-electron chi connectivity index (χ2n) is 3.97. The summed E-state index contributed by atoms with van der Waals surface area (Å²) >= 11 is 7.27. The third-order valence-electron chi connectivity index (χ3n) is 2.61. The highest BCUT2D eigenvalue weighted by Crippen LogP contribution is 2.27. The average molecular weight is 321 g/mol. The fraction of sp³-hybridized carbons (Fsp3) is 0.133. The van der Waals surface area contributed by atoms with Gasteiger partial charge in [0.15, 0.2) is 0 Å². The second kappa shape index (κ2) is 7.14. The van der Waals surface area contributed by atoms with E-state index in [9.17, 15) is 4.79 Å². The maximum absolute atomic E-state index is 12.3. The number of carbonyl (C=O) groups excluding carboxylic acids is 1. The molecule has 1 heterocycles. The van der Waals surface area contributed by atoms with Crippen molar-refractivity contribution in [1.82, 2.24) is 0 Å². The lowest BCUT2D eigenvalue weighted by Crippen LogP contribution is -2.12. The molecule has 0 atom stereocenters. The van der Waals surface area contributed by atoms with Gasteiger partial charge in [-0.1, -0.05) is 23.4 Å². The molecule has 0 unspecified atom stereocenters. The number of hydrogen-bond acceptors (Lipinski definition) is 4. The first-order valence-electron chi connectivity index (χ1n) is 6.07. The van der Waals surface area contributed by atoms with Gasteiger partial charge in [-0.05, 0) is 29.6 Å². The van der Waals surface area contributed by atoms with Gasteiger partial charge in [0.05, 0.1) is 19.3 Å². The summed E-state index contributed by atoms with van der Waals surface area (Å²) in [7, 11) is 1.52. The Morgan fingerprint density at radius 3 is 3.00 bits per heavy atom. The van der Waals surface area contributed by atoms with E-state index in [1.807, 2.05) is 0 Å². The van der Waals surface area contributed by atoms with Crippen molar-refractivity contribution in [2.24, 2.45) is 5.73 Å². The molecule has 1 aromatic heterocycles. The maximum atomic E-state index is 12.3. The van der Waals surface area contributed by atoms with E-state index in [1.165, 1.54) is 18.4 Å². The number of ether oxygens (including phenoxy) is 1. The molecule has 0 aliphatic rings. The number of benzene rings is 1. The van der Waals surface area contributed by atoms with Crippen LogP contribution < -0.4 is 15.8 Å². The molecule has 21 heavy (non-hydrogen) atoms. The summed E-state index contributed by atoms with van der Waals surface area (Å²) in [5.74, 6) is 5.93. The molecule has 0 saturated carbocycles. The summed E-state index contributed by atoms with van der Waals surface area (Å²) in [6.07, 6.45) is 0. The first kappa shape index (κ1) is 15.4. The van der Waals surface area contributed by atoms with E-state index < -0.39 is 0 Å². The zero-order chi connectivity index (χ0) is 15.2. The molecule has 0 fully saturated rings. The van der Waals surface area contributed by atoms with E-state index >= 15 is 0 Å². The van der Waals surface area contributed by atoms with Crippen LogP contribution in [0.25, 0.3) is 0 Å². The summed E-state index contributed by atoms with van der Waals surface area (Å²) in [6.45, 7) is 0.245. The largest absolute Gasteiger partial charge is 0.495 e. The standard InChI is InChI=1S/C15H13ClN2O2S/c1-20-13-6-8-21-14(13)15(19)18-12-9-11(16)5-4-10(12)3-2-7-17/h4-6,8-9H,7,17H2,1H3,(H,18,19). The van der Waals surface area contributed by atoms with Gasteiger partial charge in [0.1, 0.15) is 10.6 Å². The number of thiophene rings is 1. The van der Waals surface area contributed by atoms with Gasteiger partial charge in [-0.2, -0.15) is 0 Å². The molecule has 4 nitrogen and oxygen atoms in total. The van der Waals surface area contributed by atoms with Crippen LogP contribution in [0.15, 0.2) is 29.6 Å². The van der Waals surface area contributed by atoms with Crippen LogP contribution in [0, 0.1) is 11.8 Å². The topological polar surface area (TPSA) is 64.3 Å². The number of rotatable bonds is 3. The minimum Gasteiger partial charge on any atom is -0.495 e.